The Hall–Kier alpha value is -2.71. The van der Waals surface area contributed by atoms with Crippen molar-refractivity contribution in [2.75, 3.05) is 31.1 Å². The number of rotatable bonds is 4. The minimum atomic E-state index is 0.597. The van der Waals surface area contributed by atoms with Gasteiger partial charge in [0.25, 0.3) is 11.9 Å². The van der Waals surface area contributed by atoms with Crippen LogP contribution in [-0.2, 0) is 6.54 Å². The van der Waals surface area contributed by atoms with E-state index in [2.05, 4.69) is 25.0 Å². The summed E-state index contributed by atoms with van der Waals surface area (Å²) in [4.78, 5) is 10.1. The van der Waals surface area contributed by atoms with Crippen molar-refractivity contribution in [3.8, 4) is 10.8 Å². The fourth-order valence-electron chi connectivity index (χ4n) is 3.10. The third-order valence-electron chi connectivity index (χ3n) is 4.48. The largest absolute Gasteiger partial charge is 0.423 e. The highest BCUT2D eigenvalue weighted by atomic mass is 32.1. The summed E-state index contributed by atoms with van der Waals surface area (Å²) in [6.45, 7) is 4.18. The molecule has 4 aromatic rings. The molecule has 1 saturated heterocycles. The van der Waals surface area contributed by atoms with E-state index in [1.807, 2.05) is 41.8 Å². The summed E-state index contributed by atoms with van der Waals surface area (Å²) in [5.41, 5.74) is 1.73. The number of hydrogen-bond acceptors (Lipinski definition) is 8. The molecule has 0 unspecified atom stereocenters. The number of hydrogen-bond donors (Lipinski definition) is 0. The molecule has 0 aliphatic carbocycles. The highest BCUT2D eigenvalue weighted by Gasteiger charge is 2.22. The number of piperazine rings is 1. The maximum absolute atomic E-state index is 5.86. The Morgan fingerprint density at radius 1 is 0.962 bits per heavy atom. The number of benzene rings is 1. The summed E-state index contributed by atoms with van der Waals surface area (Å²) in [5, 5.41) is 10.3. The van der Waals surface area contributed by atoms with Gasteiger partial charge in [0.15, 0.2) is 5.58 Å². The van der Waals surface area contributed by atoms with Crippen LogP contribution in [0, 0.1) is 0 Å². The molecule has 26 heavy (non-hydrogen) atoms. The minimum Gasteiger partial charge on any atom is -0.423 e. The van der Waals surface area contributed by atoms with Gasteiger partial charge in [0, 0.05) is 26.2 Å². The zero-order valence-electron chi connectivity index (χ0n) is 14.0. The van der Waals surface area contributed by atoms with Crippen molar-refractivity contribution >= 4 is 28.5 Å². The first-order valence-corrected chi connectivity index (χ1v) is 9.42. The molecule has 0 saturated carbocycles. The first kappa shape index (κ1) is 15.5. The van der Waals surface area contributed by atoms with Gasteiger partial charge in [-0.25, -0.2) is 0 Å². The van der Waals surface area contributed by atoms with Crippen molar-refractivity contribution in [2.24, 2.45) is 0 Å². The van der Waals surface area contributed by atoms with Crippen LogP contribution in [0.5, 0.6) is 0 Å². The molecule has 1 aliphatic heterocycles. The van der Waals surface area contributed by atoms with E-state index in [1.54, 1.807) is 11.3 Å². The van der Waals surface area contributed by atoms with Crippen LogP contribution in [0.3, 0.4) is 0 Å². The Bertz CT molecular complexity index is 969. The predicted octanol–water partition coefficient (Wildman–Crippen LogP) is 3.26. The van der Waals surface area contributed by atoms with Crippen LogP contribution in [0.1, 0.15) is 5.89 Å². The lowest BCUT2D eigenvalue weighted by Crippen LogP contribution is -2.46. The maximum atomic E-state index is 5.86. The molecule has 5 rings (SSSR count). The van der Waals surface area contributed by atoms with Crippen molar-refractivity contribution in [3.63, 3.8) is 0 Å². The molecule has 0 radical (unpaired) electrons. The van der Waals surface area contributed by atoms with E-state index < -0.39 is 0 Å². The number of fused-ring (bicyclic) bond motifs is 1. The molecule has 7 nitrogen and oxygen atoms in total. The quantitative estimate of drug-likeness (QED) is 0.548. The monoisotopic (exact) mass is 367 g/mol. The van der Waals surface area contributed by atoms with Crippen LogP contribution in [0.2, 0.25) is 0 Å². The van der Waals surface area contributed by atoms with E-state index in [9.17, 15) is 0 Å². The lowest BCUT2D eigenvalue weighted by Gasteiger charge is -2.32. The average Bonchev–Trinajstić information content (AvgIpc) is 3.42. The zero-order chi connectivity index (χ0) is 17.3. The molecule has 0 amide bonds. The van der Waals surface area contributed by atoms with Crippen LogP contribution >= 0.6 is 11.3 Å². The van der Waals surface area contributed by atoms with Crippen LogP contribution in [0.4, 0.5) is 6.01 Å². The van der Waals surface area contributed by atoms with Crippen LogP contribution < -0.4 is 4.90 Å². The molecule has 0 N–H and O–H groups in total. The first-order chi connectivity index (χ1) is 12.8. The van der Waals surface area contributed by atoms with Gasteiger partial charge >= 0.3 is 0 Å². The molecular weight excluding hydrogens is 350 g/mol. The SMILES string of the molecule is c1csc(-c2nnc(CN3CCN(c4nc5ccccc5o4)CC3)o2)c1. The van der Waals surface area contributed by atoms with Crippen molar-refractivity contribution in [1.29, 1.82) is 0 Å². The molecule has 0 spiro atoms. The van der Waals surface area contributed by atoms with Gasteiger partial charge in [-0.05, 0) is 23.6 Å². The Kier molecular flexibility index (Phi) is 3.91. The number of aromatic nitrogens is 3. The fraction of sp³-hybridized carbons (Fsp3) is 0.278. The molecule has 0 atom stereocenters. The number of para-hydroxylation sites is 2. The summed E-state index contributed by atoms with van der Waals surface area (Å²) in [6, 6.07) is 12.5. The van der Waals surface area contributed by atoms with Gasteiger partial charge in [-0.2, -0.15) is 4.98 Å². The van der Waals surface area contributed by atoms with E-state index in [1.165, 1.54) is 0 Å². The number of oxazole rings is 1. The van der Waals surface area contributed by atoms with Crippen LogP contribution in [0.25, 0.3) is 21.9 Å². The Morgan fingerprint density at radius 2 is 1.85 bits per heavy atom. The smallest absolute Gasteiger partial charge is 0.298 e. The second-order valence-corrected chi connectivity index (χ2v) is 7.15. The topological polar surface area (TPSA) is 71.4 Å². The van der Waals surface area contributed by atoms with Gasteiger partial charge in [-0.3, -0.25) is 4.90 Å². The molecule has 3 aromatic heterocycles. The summed E-state index contributed by atoms with van der Waals surface area (Å²) < 4.78 is 11.6. The molecule has 1 aromatic carbocycles. The predicted molar refractivity (Wildman–Crippen MR) is 99.1 cm³/mol. The standard InChI is InChI=1S/C18H17N5O2S/c1-2-5-14-13(4-1)19-18(24-14)23-9-7-22(8-10-23)12-16-20-21-17(25-16)15-6-3-11-26-15/h1-6,11H,7-10,12H2. The summed E-state index contributed by atoms with van der Waals surface area (Å²) >= 11 is 1.60. The molecule has 1 fully saturated rings. The fourth-order valence-corrected chi connectivity index (χ4v) is 3.75. The molecular formula is C18H17N5O2S. The van der Waals surface area contributed by atoms with Crippen molar-refractivity contribution < 1.29 is 8.83 Å². The minimum absolute atomic E-state index is 0.597. The Morgan fingerprint density at radius 3 is 2.65 bits per heavy atom. The normalized spacial score (nSPS) is 15.8. The third-order valence-corrected chi connectivity index (χ3v) is 5.34. The van der Waals surface area contributed by atoms with Crippen LogP contribution in [-0.4, -0.2) is 46.3 Å². The lowest BCUT2D eigenvalue weighted by atomic mass is 10.3. The first-order valence-electron chi connectivity index (χ1n) is 8.54. The van der Waals surface area contributed by atoms with Gasteiger partial charge in [0.2, 0.25) is 5.89 Å². The van der Waals surface area contributed by atoms with Crippen molar-refractivity contribution in [1.82, 2.24) is 20.1 Å². The van der Waals surface area contributed by atoms with E-state index in [4.69, 9.17) is 8.83 Å². The van der Waals surface area contributed by atoms with E-state index >= 15 is 0 Å². The Labute approximate surface area is 153 Å². The van der Waals surface area contributed by atoms with Crippen molar-refractivity contribution in [2.45, 2.75) is 6.54 Å². The summed E-state index contributed by atoms with van der Waals surface area (Å²) in [7, 11) is 0. The molecule has 1 aliphatic rings. The van der Waals surface area contributed by atoms with Gasteiger partial charge < -0.3 is 13.7 Å². The molecule has 0 bridgehead atoms. The van der Waals surface area contributed by atoms with E-state index in [0.29, 0.717) is 24.3 Å². The van der Waals surface area contributed by atoms with Crippen molar-refractivity contribution in [3.05, 3.63) is 47.7 Å². The zero-order valence-corrected chi connectivity index (χ0v) is 14.9. The molecule has 8 heteroatoms. The summed E-state index contributed by atoms with van der Waals surface area (Å²) in [5.74, 6) is 1.25. The number of nitrogens with zero attached hydrogens (tertiary/aromatic N) is 5. The van der Waals surface area contributed by atoms with Gasteiger partial charge in [0.1, 0.15) is 5.52 Å². The second kappa shape index (κ2) is 6.54. The van der Waals surface area contributed by atoms with Gasteiger partial charge in [-0.15, -0.1) is 21.5 Å². The molecule has 132 valence electrons. The number of anilines is 1. The second-order valence-electron chi connectivity index (χ2n) is 6.21. The van der Waals surface area contributed by atoms with Crippen LogP contribution in [0.15, 0.2) is 50.6 Å². The number of thiophene rings is 1. The summed E-state index contributed by atoms with van der Waals surface area (Å²) in [6.07, 6.45) is 0. The highest BCUT2D eigenvalue weighted by molar-refractivity contribution is 7.13. The van der Waals surface area contributed by atoms with Gasteiger partial charge in [0.05, 0.1) is 11.4 Å². The highest BCUT2D eigenvalue weighted by Crippen LogP contribution is 2.25. The Balaban J connectivity index is 1.22. The third kappa shape index (κ3) is 2.97. The average molecular weight is 367 g/mol. The van der Waals surface area contributed by atoms with Gasteiger partial charge in [-0.1, -0.05) is 18.2 Å². The molecule has 4 heterocycles. The van der Waals surface area contributed by atoms with E-state index in [0.717, 1.165) is 42.2 Å². The van der Waals surface area contributed by atoms with E-state index in [-0.39, 0.29) is 0 Å². The maximum Gasteiger partial charge on any atom is 0.298 e. The lowest BCUT2D eigenvalue weighted by molar-refractivity contribution is 0.223.